The molecule has 0 rings (SSSR count). The number of aliphatic hydroxyl groups excluding tert-OH is 3. The lowest BCUT2D eigenvalue weighted by Gasteiger charge is -2.21. The Kier molecular flexibility index (Phi) is 55.7. The highest BCUT2D eigenvalue weighted by Gasteiger charge is 2.18. The zero-order chi connectivity index (χ0) is 57.4. The number of allylic oxidation sites excluding steroid dienone is 3. The van der Waals surface area contributed by atoms with Gasteiger partial charge in [-0.05, 0) is 117 Å². The molecule has 0 aromatic rings. The summed E-state index contributed by atoms with van der Waals surface area (Å²) in [5, 5.41) is 29.1. The summed E-state index contributed by atoms with van der Waals surface area (Å²) in [4.78, 5) is 38.1. The molecule has 0 spiro atoms. The first-order valence-corrected chi connectivity index (χ1v) is 32.2. The molecule has 0 saturated carbocycles. The van der Waals surface area contributed by atoms with E-state index in [0.717, 1.165) is 167 Å². The zero-order valence-electron chi connectivity index (χ0n) is 51.1. The van der Waals surface area contributed by atoms with Crippen LogP contribution in [-0.4, -0.2) is 109 Å². The molecule has 6 atom stereocenters. The summed E-state index contributed by atoms with van der Waals surface area (Å²) < 4.78 is 34.4. The smallest absolute Gasteiger partial charge is 0.306 e. The molecule has 0 aromatic heterocycles. The molecule has 0 bridgehead atoms. The summed E-state index contributed by atoms with van der Waals surface area (Å²) in [6, 6.07) is 0. The highest BCUT2D eigenvalue weighted by atomic mass is 16.6. The van der Waals surface area contributed by atoms with Gasteiger partial charge in [0, 0.05) is 32.1 Å². The number of ether oxygens (including phenoxy) is 6. The average Bonchev–Trinajstić information content (AvgIpc) is 3.40. The molecule has 12 nitrogen and oxygen atoms in total. The van der Waals surface area contributed by atoms with Crippen molar-refractivity contribution in [2.24, 2.45) is 0 Å². The van der Waals surface area contributed by atoms with Gasteiger partial charge in [0.2, 0.25) is 0 Å². The Morgan fingerprint density at radius 1 is 0.359 bits per heavy atom. The van der Waals surface area contributed by atoms with Crippen molar-refractivity contribution < 1.29 is 58.1 Å². The molecule has 0 saturated heterocycles. The Morgan fingerprint density at radius 3 is 1.10 bits per heavy atom. The Bertz CT molecular complexity index is 1400. The van der Waals surface area contributed by atoms with E-state index in [4.69, 9.17) is 28.4 Å². The minimum absolute atomic E-state index is 0.0338. The van der Waals surface area contributed by atoms with Crippen molar-refractivity contribution in [2.75, 3.05) is 33.0 Å². The Morgan fingerprint density at radius 2 is 0.705 bits per heavy atom. The quantitative estimate of drug-likeness (QED) is 0.0229. The normalized spacial score (nSPS) is 14.7. The second-order valence-electron chi connectivity index (χ2n) is 22.5. The number of hydrogen-bond acceptors (Lipinski definition) is 12. The fraction of sp³-hybridized carbons (Fsp3) is 0.864. The van der Waals surface area contributed by atoms with Gasteiger partial charge in [-0.1, -0.05) is 179 Å². The molecule has 0 fully saturated rings. The molecule has 0 amide bonds. The highest BCUT2D eigenvalue weighted by Crippen LogP contribution is 2.19. The molecule has 0 radical (unpaired) electrons. The van der Waals surface area contributed by atoms with Gasteiger partial charge in [-0.3, -0.25) is 14.4 Å². The van der Waals surface area contributed by atoms with Gasteiger partial charge in [0.05, 0.1) is 51.3 Å². The Hall–Kier alpha value is -2.61. The van der Waals surface area contributed by atoms with Gasteiger partial charge in [0.1, 0.15) is 24.4 Å². The van der Waals surface area contributed by atoms with Gasteiger partial charge >= 0.3 is 17.9 Å². The minimum Gasteiger partial charge on any atom is -0.462 e. The molecule has 0 aromatic carbocycles. The van der Waals surface area contributed by atoms with Crippen molar-refractivity contribution in [1.29, 1.82) is 0 Å². The molecular weight excluding hydrogens is 985 g/mol. The van der Waals surface area contributed by atoms with E-state index in [-0.39, 0.29) is 69.3 Å². The van der Waals surface area contributed by atoms with Crippen molar-refractivity contribution in [2.45, 2.75) is 335 Å². The van der Waals surface area contributed by atoms with Crippen molar-refractivity contribution in [3.8, 4) is 0 Å². The fourth-order valence-electron chi connectivity index (χ4n) is 9.22. The van der Waals surface area contributed by atoms with Crippen LogP contribution in [-0.2, 0) is 42.8 Å². The first-order valence-electron chi connectivity index (χ1n) is 32.2. The van der Waals surface area contributed by atoms with Crippen molar-refractivity contribution >= 4 is 17.9 Å². The van der Waals surface area contributed by atoms with Crippen LogP contribution in [0.2, 0.25) is 0 Å². The zero-order valence-corrected chi connectivity index (χ0v) is 51.1. The number of carbonyl (C=O) groups is 3. The van der Waals surface area contributed by atoms with Gasteiger partial charge < -0.3 is 43.7 Å². The van der Waals surface area contributed by atoms with Crippen LogP contribution >= 0.6 is 0 Å². The van der Waals surface area contributed by atoms with Crippen LogP contribution in [0.4, 0.5) is 0 Å². The fourth-order valence-corrected chi connectivity index (χ4v) is 9.22. The van der Waals surface area contributed by atoms with E-state index >= 15 is 0 Å². The number of carbonyl (C=O) groups excluding carboxylic acids is 3. The van der Waals surface area contributed by atoms with Crippen LogP contribution in [0.3, 0.4) is 0 Å². The van der Waals surface area contributed by atoms with Crippen molar-refractivity contribution in [3.05, 3.63) is 36.5 Å². The van der Waals surface area contributed by atoms with Crippen LogP contribution in [0.5, 0.6) is 0 Å². The minimum atomic E-state index is -0.589. The first kappa shape index (κ1) is 75.4. The number of hydrogen-bond donors (Lipinski definition) is 3. The van der Waals surface area contributed by atoms with Gasteiger partial charge in [0.25, 0.3) is 0 Å². The molecule has 12 heteroatoms. The molecular formula is C66H122O12. The molecule has 0 aliphatic carbocycles. The maximum atomic E-state index is 12.9. The predicted molar refractivity (Wildman–Crippen MR) is 321 cm³/mol. The summed E-state index contributed by atoms with van der Waals surface area (Å²) in [6.07, 6.45) is 50.3. The lowest BCUT2D eigenvalue weighted by Crippen LogP contribution is -2.32. The van der Waals surface area contributed by atoms with E-state index in [0.29, 0.717) is 19.3 Å². The summed E-state index contributed by atoms with van der Waals surface area (Å²) in [5.41, 5.74) is 0. The molecule has 3 unspecified atom stereocenters. The van der Waals surface area contributed by atoms with E-state index in [9.17, 15) is 29.7 Å². The van der Waals surface area contributed by atoms with Gasteiger partial charge in [-0.2, -0.15) is 0 Å². The van der Waals surface area contributed by atoms with E-state index in [1.807, 2.05) is 0 Å². The maximum Gasteiger partial charge on any atom is 0.306 e. The van der Waals surface area contributed by atoms with Gasteiger partial charge in [-0.15, -0.1) is 0 Å². The standard InChI is InChI=1S/C66H122O12/c1-7-10-13-34-43-60(69)44-35-28-22-16-19-26-32-41-50-65(71)77-62(46-37-15-12-9-3)48-39-30-24-18-21-27-33-42-51-66(72)78-61(45-36-14-11-8-2)47-38-29-23-17-20-25-31-40-49-64(70)76-59(6)54-75-63(55-73-52-57(4)67)56-74-53-58(5)68/h28-30,35,38-39,57-63,67-69H,7-27,31-34,36-37,40-56H2,1-6H3/b35-28-,38-29-,39-30-/t57?,58?,59?,60-,61-,62-,63?/m1/s1. The lowest BCUT2D eigenvalue weighted by atomic mass is 10.0. The molecule has 78 heavy (non-hydrogen) atoms. The predicted octanol–water partition coefficient (Wildman–Crippen LogP) is 16.2. The second kappa shape index (κ2) is 57.6. The average molecular weight is 1110 g/mol. The summed E-state index contributed by atoms with van der Waals surface area (Å²) in [6.45, 7) is 12.7. The highest BCUT2D eigenvalue weighted by molar-refractivity contribution is 5.70. The lowest BCUT2D eigenvalue weighted by molar-refractivity contribution is -0.155. The SMILES string of the molecule is CCCCCC[C@@H](O)C/C=C\CCCCCCCC(=O)O[C@@H](C/C=C\CCCCCCCC(=O)O[C@@H](C/C=C\CCCCCCCC(=O)OC(C)COC(COCC(C)O)COCC(C)O)CCCCCC)CCCCCC. The van der Waals surface area contributed by atoms with Crippen molar-refractivity contribution in [1.82, 2.24) is 0 Å². The Balaban J connectivity index is 4.35. The summed E-state index contributed by atoms with van der Waals surface area (Å²) in [7, 11) is 0. The van der Waals surface area contributed by atoms with Crippen LogP contribution in [0.1, 0.15) is 292 Å². The van der Waals surface area contributed by atoms with E-state index in [1.165, 1.54) is 64.2 Å². The number of aliphatic hydroxyl groups is 3. The molecule has 0 heterocycles. The van der Waals surface area contributed by atoms with Crippen LogP contribution in [0.25, 0.3) is 0 Å². The summed E-state index contributed by atoms with van der Waals surface area (Å²) >= 11 is 0. The van der Waals surface area contributed by atoms with Gasteiger partial charge in [0.15, 0.2) is 0 Å². The van der Waals surface area contributed by atoms with Crippen molar-refractivity contribution in [3.63, 3.8) is 0 Å². The number of rotatable bonds is 59. The van der Waals surface area contributed by atoms with E-state index < -0.39 is 24.4 Å². The second-order valence-corrected chi connectivity index (χ2v) is 22.5. The molecule has 0 aliphatic heterocycles. The first-order chi connectivity index (χ1) is 37.9. The third-order valence-corrected chi connectivity index (χ3v) is 13.9. The number of esters is 3. The largest absolute Gasteiger partial charge is 0.462 e. The Labute approximate surface area is 478 Å². The van der Waals surface area contributed by atoms with E-state index in [2.05, 4.69) is 57.2 Å². The molecule has 3 N–H and O–H groups in total. The topological polar surface area (TPSA) is 167 Å². The third kappa shape index (κ3) is 55.3. The maximum absolute atomic E-state index is 12.9. The van der Waals surface area contributed by atoms with Crippen LogP contribution < -0.4 is 0 Å². The monoisotopic (exact) mass is 1110 g/mol. The van der Waals surface area contributed by atoms with Gasteiger partial charge in [-0.25, -0.2) is 0 Å². The van der Waals surface area contributed by atoms with Crippen LogP contribution in [0, 0.1) is 0 Å². The molecule has 458 valence electrons. The van der Waals surface area contributed by atoms with E-state index in [1.54, 1.807) is 20.8 Å². The molecule has 0 aliphatic rings. The summed E-state index contributed by atoms with van der Waals surface area (Å²) in [5.74, 6) is -0.354. The van der Waals surface area contributed by atoms with Crippen LogP contribution in [0.15, 0.2) is 36.5 Å². The third-order valence-electron chi connectivity index (χ3n) is 13.9. The number of unbranched alkanes of at least 4 members (excludes halogenated alkanes) is 24.